The van der Waals surface area contributed by atoms with E-state index in [0.29, 0.717) is 22.4 Å². The van der Waals surface area contributed by atoms with Gasteiger partial charge in [0.15, 0.2) is 5.78 Å². The van der Waals surface area contributed by atoms with Gasteiger partial charge in [-0.15, -0.1) is 0 Å². The van der Waals surface area contributed by atoms with Gasteiger partial charge in [-0.1, -0.05) is 11.6 Å². The summed E-state index contributed by atoms with van der Waals surface area (Å²) >= 11 is 0. The van der Waals surface area contributed by atoms with E-state index < -0.39 is 0 Å². The molecule has 0 amide bonds. The maximum absolute atomic E-state index is 12.2. The summed E-state index contributed by atoms with van der Waals surface area (Å²) < 4.78 is 1.46. The molecule has 4 heteroatoms. The highest BCUT2D eigenvalue weighted by Crippen LogP contribution is 2.27. The number of aromatic nitrogens is 2. The van der Waals surface area contributed by atoms with Crippen molar-refractivity contribution in [2.45, 2.75) is 6.92 Å². The van der Waals surface area contributed by atoms with Crippen molar-refractivity contribution >= 4 is 11.6 Å². The lowest BCUT2D eigenvalue weighted by Gasteiger charge is -2.15. The van der Waals surface area contributed by atoms with Crippen molar-refractivity contribution < 1.29 is 9.59 Å². The largest absolute Gasteiger partial charge is 0.288 e. The highest BCUT2D eigenvalue weighted by molar-refractivity contribution is 6.27. The SMILES string of the molecule is Cc1ccc2c(c1)C(=O)c1cnn(C)c1C2=O. The number of ketones is 2. The summed E-state index contributed by atoms with van der Waals surface area (Å²) in [7, 11) is 1.67. The van der Waals surface area contributed by atoms with Crippen LogP contribution in [-0.2, 0) is 7.05 Å². The number of hydrogen-bond donors (Lipinski definition) is 0. The Balaban J connectivity index is 2.34. The molecule has 0 bridgehead atoms. The number of hydrogen-bond acceptors (Lipinski definition) is 3. The second kappa shape index (κ2) is 3.13. The Morgan fingerprint density at radius 2 is 1.82 bits per heavy atom. The standard InChI is InChI=1S/C13H10N2O2/c1-7-3-4-8-9(5-7)12(16)10-6-14-15(2)11(10)13(8)17/h3-6H,1-2H3. The van der Waals surface area contributed by atoms with Gasteiger partial charge >= 0.3 is 0 Å². The summed E-state index contributed by atoms with van der Waals surface area (Å²) in [5, 5.41) is 3.98. The number of fused-ring (bicyclic) bond motifs is 2. The third-order valence-corrected chi connectivity index (χ3v) is 3.06. The molecule has 0 spiro atoms. The van der Waals surface area contributed by atoms with Crippen LogP contribution in [-0.4, -0.2) is 21.3 Å². The lowest BCUT2D eigenvalue weighted by atomic mass is 9.87. The number of carbonyl (C=O) groups excluding carboxylic acids is 2. The third kappa shape index (κ3) is 1.21. The summed E-state index contributed by atoms with van der Waals surface area (Å²) in [6, 6.07) is 5.30. The van der Waals surface area contributed by atoms with Crippen molar-refractivity contribution in [2.24, 2.45) is 7.05 Å². The molecule has 0 aliphatic heterocycles. The van der Waals surface area contributed by atoms with E-state index in [9.17, 15) is 9.59 Å². The van der Waals surface area contributed by atoms with E-state index in [1.165, 1.54) is 10.9 Å². The Kier molecular flexibility index (Phi) is 1.84. The Morgan fingerprint density at radius 3 is 2.59 bits per heavy atom. The van der Waals surface area contributed by atoms with Crippen LogP contribution in [0.5, 0.6) is 0 Å². The molecule has 1 heterocycles. The van der Waals surface area contributed by atoms with Crippen LogP contribution in [0.25, 0.3) is 0 Å². The molecule has 1 aromatic carbocycles. The van der Waals surface area contributed by atoms with Crippen molar-refractivity contribution in [3.05, 3.63) is 52.3 Å². The number of rotatable bonds is 0. The molecule has 4 nitrogen and oxygen atoms in total. The van der Waals surface area contributed by atoms with Gasteiger partial charge in [0.05, 0.1) is 11.8 Å². The average Bonchev–Trinajstić information content (AvgIpc) is 2.68. The van der Waals surface area contributed by atoms with E-state index in [1.54, 1.807) is 19.2 Å². The molecule has 1 aliphatic carbocycles. The van der Waals surface area contributed by atoms with Gasteiger partial charge in [-0.05, 0) is 19.1 Å². The first-order valence-electron chi connectivity index (χ1n) is 5.31. The van der Waals surface area contributed by atoms with E-state index in [0.717, 1.165) is 5.56 Å². The topological polar surface area (TPSA) is 52.0 Å². The van der Waals surface area contributed by atoms with Crippen molar-refractivity contribution in [1.82, 2.24) is 9.78 Å². The molecule has 0 fully saturated rings. The summed E-state index contributed by atoms with van der Waals surface area (Å²) in [6.07, 6.45) is 1.46. The normalized spacial score (nSPS) is 13.5. The van der Waals surface area contributed by atoms with Gasteiger partial charge in [0.25, 0.3) is 0 Å². The molecule has 2 aromatic rings. The first-order valence-corrected chi connectivity index (χ1v) is 5.31. The Labute approximate surface area is 97.9 Å². The average molecular weight is 226 g/mol. The number of carbonyl (C=O) groups is 2. The Bertz CT molecular complexity index is 668. The first-order chi connectivity index (χ1) is 8.09. The first kappa shape index (κ1) is 9.96. The molecule has 84 valence electrons. The van der Waals surface area contributed by atoms with Crippen molar-refractivity contribution in [1.29, 1.82) is 0 Å². The predicted octanol–water partition coefficient (Wildman–Crippen LogP) is 1.50. The van der Waals surface area contributed by atoms with Crippen LogP contribution in [0.15, 0.2) is 24.4 Å². The van der Waals surface area contributed by atoms with Crippen LogP contribution in [0.1, 0.15) is 37.5 Å². The van der Waals surface area contributed by atoms with Gasteiger partial charge in [-0.3, -0.25) is 14.3 Å². The molecule has 17 heavy (non-hydrogen) atoms. The fourth-order valence-corrected chi connectivity index (χ4v) is 2.19. The maximum atomic E-state index is 12.2. The summed E-state index contributed by atoms with van der Waals surface area (Å²) in [4.78, 5) is 24.4. The minimum atomic E-state index is -0.130. The third-order valence-electron chi connectivity index (χ3n) is 3.06. The molecule has 3 rings (SSSR count). The fraction of sp³-hybridized carbons (Fsp3) is 0.154. The smallest absolute Gasteiger partial charge is 0.212 e. The minimum Gasteiger partial charge on any atom is -0.288 e. The minimum absolute atomic E-state index is 0.119. The zero-order valence-corrected chi connectivity index (χ0v) is 9.52. The summed E-state index contributed by atoms with van der Waals surface area (Å²) in [6.45, 7) is 1.90. The summed E-state index contributed by atoms with van der Waals surface area (Å²) in [5.41, 5.74) is 2.70. The van der Waals surface area contributed by atoms with Gasteiger partial charge in [0.2, 0.25) is 5.78 Å². The molecular weight excluding hydrogens is 216 g/mol. The van der Waals surface area contributed by atoms with E-state index in [-0.39, 0.29) is 11.6 Å². The van der Waals surface area contributed by atoms with Crippen LogP contribution < -0.4 is 0 Å². The lowest BCUT2D eigenvalue weighted by molar-refractivity contribution is 0.0974. The van der Waals surface area contributed by atoms with Crippen molar-refractivity contribution in [3.8, 4) is 0 Å². The molecule has 1 aliphatic rings. The van der Waals surface area contributed by atoms with Crippen LogP contribution >= 0.6 is 0 Å². The van der Waals surface area contributed by atoms with Gasteiger partial charge in [0, 0.05) is 18.2 Å². The zero-order chi connectivity index (χ0) is 12.2. The number of nitrogens with zero attached hydrogens (tertiary/aromatic N) is 2. The molecule has 0 unspecified atom stereocenters. The highest BCUT2D eigenvalue weighted by atomic mass is 16.1. The fourth-order valence-electron chi connectivity index (χ4n) is 2.19. The highest BCUT2D eigenvalue weighted by Gasteiger charge is 2.32. The summed E-state index contributed by atoms with van der Waals surface area (Å²) in [5.74, 6) is -0.249. The monoisotopic (exact) mass is 226 g/mol. The van der Waals surface area contributed by atoms with Crippen LogP contribution in [0.3, 0.4) is 0 Å². The van der Waals surface area contributed by atoms with E-state index >= 15 is 0 Å². The van der Waals surface area contributed by atoms with E-state index in [2.05, 4.69) is 5.10 Å². The molecule has 0 N–H and O–H groups in total. The molecule has 0 atom stereocenters. The van der Waals surface area contributed by atoms with Crippen molar-refractivity contribution in [3.63, 3.8) is 0 Å². The molecular formula is C13H10N2O2. The second-order valence-electron chi connectivity index (χ2n) is 4.24. The molecule has 0 saturated heterocycles. The van der Waals surface area contributed by atoms with E-state index in [4.69, 9.17) is 0 Å². The van der Waals surface area contributed by atoms with Crippen LogP contribution in [0.2, 0.25) is 0 Å². The van der Waals surface area contributed by atoms with Gasteiger partial charge < -0.3 is 0 Å². The van der Waals surface area contributed by atoms with Gasteiger partial charge in [0.1, 0.15) is 5.69 Å². The van der Waals surface area contributed by atoms with Crippen molar-refractivity contribution in [2.75, 3.05) is 0 Å². The number of benzene rings is 1. The van der Waals surface area contributed by atoms with Gasteiger partial charge in [-0.2, -0.15) is 5.10 Å². The predicted molar refractivity (Wildman–Crippen MR) is 61.3 cm³/mol. The second-order valence-corrected chi connectivity index (χ2v) is 4.24. The Morgan fingerprint density at radius 1 is 1.06 bits per heavy atom. The van der Waals surface area contributed by atoms with Crippen LogP contribution in [0.4, 0.5) is 0 Å². The van der Waals surface area contributed by atoms with Crippen LogP contribution in [0, 0.1) is 6.92 Å². The Hall–Kier alpha value is -2.23. The molecule has 0 saturated carbocycles. The molecule has 0 radical (unpaired) electrons. The maximum Gasteiger partial charge on any atom is 0.212 e. The van der Waals surface area contributed by atoms with E-state index in [1.807, 2.05) is 13.0 Å². The zero-order valence-electron chi connectivity index (χ0n) is 9.52. The molecule has 1 aromatic heterocycles. The lowest BCUT2D eigenvalue weighted by Crippen LogP contribution is -2.22. The quantitative estimate of drug-likeness (QED) is 0.583. The van der Waals surface area contributed by atoms with Gasteiger partial charge in [-0.25, -0.2) is 0 Å². The number of aryl methyl sites for hydroxylation is 2.